The summed E-state index contributed by atoms with van der Waals surface area (Å²) in [6, 6.07) is 15.7. The van der Waals surface area contributed by atoms with Crippen LogP contribution in [-0.4, -0.2) is 42.4 Å². The van der Waals surface area contributed by atoms with Crippen molar-refractivity contribution >= 4 is 11.6 Å². The van der Waals surface area contributed by atoms with Crippen LogP contribution in [0.3, 0.4) is 0 Å². The Bertz CT molecular complexity index is 692. The first-order chi connectivity index (χ1) is 12.7. The number of likely N-dealkylation sites (tertiary alicyclic amines) is 1. The molecule has 2 aromatic rings. The highest BCUT2D eigenvalue weighted by atomic mass is 35.5. The van der Waals surface area contributed by atoms with E-state index in [1.807, 2.05) is 49.4 Å². The fourth-order valence-corrected chi connectivity index (χ4v) is 3.72. The molecule has 0 amide bonds. The van der Waals surface area contributed by atoms with Crippen molar-refractivity contribution in [3.8, 4) is 11.5 Å². The lowest BCUT2D eigenvalue weighted by atomic mass is 10.0. The molecule has 0 aliphatic carbocycles. The van der Waals surface area contributed by atoms with E-state index in [2.05, 4.69) is 11.0 Å². The van der Waals surface area contributed by atoms with E-state index in [0.29, 0.717) is 13.2 Å². The average molecular weight is 376 g/mol. The number of hydrogen-bond donors (Lipinski definition) is 1. The van der Waals surface area contributed by atoms with Crippen LogP contribution in [0.4, 0.5) is 0 Å². The molecule has 1 N–H and O–H groups in total. The van der Waals surface area contributed by atoms with Gasteiger partial charge in [-0.1, -0.05) is 29.8 Å². The summed E-state index contributed by atoms with van der Waals surface area (Å²) in [6.45, 7) is 4.40. The fraction of sp³-hybridized carbons (Fsp3) is 0.429. The summed E-state index contributed by atoms with van der Waals surface area (Å²) >= 11 is 6.36. The predicted molar refractivity (Wildman–Crippen MR) is 104 cm³/mol. The van der Waals surface area contributed by atoms with Gasteiger partial charge in [0.05, 0.1) is 6.61 Å². The third kappa shape index (κ3) is 4.91. The number of β-amino-alcohol motifs (C(OH)–C–C–N with tert-alkyl or cyclic N) is 1. The molecule has 0 spiro atoms. The summed E-state index contributed by atoms with van der Waals surface area (Å²) in [5.41, 5.74) is 1.14. The zero-order valence-corrected chi connectivity index (χ0v) is 15.9. The molecule has 5 heteroatoms. The second-order valence-electron chi connectivity index (χ2n) is 6.54. The van der Waals surface area contributed by atoms with Gasteiger partial charge in [-0.3, -0.25) is 4.90 Å². The second-order valence-corrected chi connectivity index (χ2v) is 6.95. The van der Waals surface area contributed by atoms with Crippen LogP contribution in [-0.2, 0) is 0 Å². The van der Waals surface area contributed by atoms with E-state index >= 15 is 0 Å². The molecule has 2 aromatic carbocycles. The minimum atomic E-state index is -0.551. The zero-order valence-electron chi connectivity index (χ0n) is 15.1. The van der Waals surface area contributed by atoms with Crippen LogP contribution in [0.2, 0.25) is 5.02 Å². The lowest BCUT2D eigenvalue weighted by Gasteiger charge is -2.27. The number of hydrogen-bond acceptors (Lipinski definition) is 4. The van der Waals surface area contributed by atoms with Crippen LogP contribution in [0.25, 0.3) is 0 Å². The normalized spacial score (nSPS) is 18.7. The van der Waals surface area contributed by atoms with Gasteiger partial charge in [-0.15, -0.1) is 0 Å². The molecule has 0 unspecified atom stereocenters. The maximum atomic E-state index is 10.4. The first-order valence-electron chi connectivity index (χ1n) is 9.19. The molecule has 1 heterocycles. The van der Waals surface area contributed by atoms with E-state index < -0.39 is 6.10 Å². The molecule has 0 aromatic heterocycles. The Labute approximate surface area is 160 Å². The minimum Gasteiger partial charge on any atom is -0.494 e. The van der Waals surface area contributed by atoms with Crippen molar-refractivity contribution in [2.45, 2.75) is 31.9 Å². The zero-order chi connectivity index (χ0) is 18.4. The van der Waals surface area contributed by atoms with Crippen molar-refractivity contribution in [1.29, 1.82) is 0 Å². The van der Waals surface area contributed by atoms with Gasteiger partial charge in [-0.25, -0.2) is 0 Å². The molecule has 26 heavy (non-hydrogen) atoms. The second kappa shape index (κ2) is 9.26. The lowest BCUT2D eigenvalue weighted by molar-refractivity contribution is 0.0638. The Kier molecular flexibility index (Phi) is 6.78. The monoisotopic (exact) mass is 375 g/mol. The number of nitrogens with zero attached hydrogens (tertiary/aromatic N) is 1. The van der Waals surface area contributed by atoms with Crippen LogP contribution >= 0.6 is 11.6 Å². The van der Waals surface area contributed by atoms with Gasteiger partial charge in [-0.2, -0.15) is 0 Å². The molecule has 1 fully saturated rings. The molecule has 2 atom stereocenters. The smallest absolute Gasteiger partial charge is 0.119 e. The van der Waals surface area contributed by atoms with Gasteiger partial charge in [0, 0.05) is 17.6 Å². The Morgan fingerprint density at radius 1 is 1.12 bits per heavy atom. The summed E-state index contributed by atoms with van der Waals surface area (Å²) in [5.74, 6) is 1.55. The molecular weight excluding hydrogens is 350 g/mol. The number of ether oxygens (including phenoxy) is 2. The molecule has 0 bridgehead atoms. The van der Waals surface area contributed by atoms with Gasteiger partial charge in [-0.05, 0) is 62.2 Å². The third-order valence-electron chi connectivity index (χ3n) is 4.65. The number of rotatable bonds is 8. The fourth-order valence-electron chi connectivity index (χ4n) is 3.46. The van der Waals surface area contributed by atoms with Crippen LogP contribution in [0, 0.1) is 0 Å². The standard InChI is InChI=1S/C21H26ClNO3/c1-2-25-17-9-11-18(12-10-17)26-15-16(24)14-23-13-5-8-21(23)19-6-3-4-7-20(19)22/h3-4,6-7,9-12,16,21,24H,2,5,8,13-15H2,1H3/t16-,21-/m1/s1. The van der Waals surface area contributed by atoms with Crippen molar-refractivity contribution in [2.75, 3.05) is 26.3 Å². The van der Waals surface area contributed by atoms with Crippen molar-refractivity contribution < 1.29 is 14.6 Å². The van der Waals surface area contributed by atoms with E-state index in [0.717, 1.165) is 41.5 Å². The van der Waals surface area contributed by atoms with E-state index in [4.69, 9.17) is 21.1 Å². The van der Waals surface area contributed by atoms with Gasteiger partial charge in [0.1, 0.15) is 24.2 Å². The molecule has 140 valence electrons. The van der Waals surface area contributed by atoms with Crippen LogP contribution in [0.15, 0.2) is 48.5 Å². The lowest BCUT2D eigenvalue weighted by Crippen LogP contribution is -2.35. The Morgan fingerprint density at radius 2 is 1.81 bits per heavy atom. The summed E-state index contributed by atoms with van der Waals surface area (Å²) < 4.78 is 11.1. The van der Waals surface area contributed by atoms with E-state index in [1.54, 1.807) is 0 Å². The Balaban J connectivity index is 1.52. The summed E-state index contributed by atoms with van der Waals surface area (Å²) in [5, 5.41) is 11.2. The molecule has 3 rings (SSSR count). The van der Waals surface area contributed by atoms with Crippen LogP contribution in [0.5, 0.6) is 11.5 Å². The molecular formula is C21H26ClNO3. The summed E-state index contributed by atoms with van der Waals surface area (Å²) in [7, 11) is 0. The molecule has 0 saturated carbocycles. The van der Waals surface area contributed by atoms with Gasteiger partial charge < -0.3 is 14.6 Å². The minimum absolute atomic E-state index is 0.264. The molecule has 1 aliphatic rings. The largest absolute Gasteiger partial charge is 0.494 e. The van der Waals surface area contributed by atoms with Crippen molar-refractivity contribution in [3.05, 3.63) is 59.1 Å². The number of benzene rings is 2. The van der Waals surface area contributed by atoms with Crippen LogP contribution in [0.1, 0.15) is 31.4 Å². The highest BCUT2D eigenvalue weighted by Crippen LogP contribution is 2.35. The number of aliphatic hydroxyl groups is 1. The van der Waals surface area contributed by atoms with Gasteiger partial charge in [0.25, 0.3) is 0 Å². The molecule has 4 nitrogen and oxygen atoms in total. The van der Waals surface area contributed by atoms with E-state index in [-0.39, 0.29) is 12.6 Å². The maximum Gasteiger partial charge on any atom is 0.119 e. The third-order valence-corrected chi connectivity index (χ3v) is 4.99. The first kappa shape index (κ1) is 19.0. The van der Waals surface area contributed by atoms with Gasteiger partial charge in [0.15, 0.2) is 0 Å². The summed E-state index contributed by atoms with van der Waals surface area (Å²) in [6.07, 6.45) is 1.63. The van der Waals surface area contributed by atoms with Crippen molar-refractivity contribution in [1.82, 2.24) is 4.90 Å². The highest BCUT2D eigenvalue weighted by Gasteiger charge is 2.28. The molecule has 0 radical (unpaired) electrons. The topological polar surface area (TPSA) is 41.9 Å². The van der Waals surface area contributed by atoms with Gasteiger partial charge >= 0.3 is 0 Å². The van der Waals surface area contributed by atoms with E-state index in [9.17, 15) is 5.11 Å². The van der Waals surface area contributed by atoms with Crippen molar-refractivity contribution in [3.63, 3.8) is 0 Å². The number of aliphatic hydroxyl groups excluding tert-OH is 1. The quantitative estimate of drug-likeness (QED) is 0.746. The van der Waals surface area contributed by atoms with Crippen molar-refractivity contribution in [2.24, 2.45) is 0 Å². The first-order valence-corrected chi connectivity index (χ1v) is 9.57. The predicted octanol–water partition coefficient (Wildman–Crippen LogP) is 4.32. The summed E-state index contributed by atoms with van der Waals surface area (Å²) in [4.78, 5) is 2.30. The molecule has 1 aliphatic heterocycles. The maximum absolute atomic E-state index is 10.4. The van der Waals surface area contributed by atoms with E-state index in [1.165, 1.54) is 0 Å². The average Bonchev–Trinajstić information content (AvgIpc) is 3.09. The van der Waals surface area contributed by atoms with Gasteiger partial charge in [0.2, 0.25) is 0 Å². The highest BCUT2D eigenvalue weighted by molar-refractivity contribution is 6.31. The molecule has 1 saturated heterocycles. The van der Waals surface area contributed by atoms with Crippen LogP contribution < -0.4 is 9.47 Å². The number of halogens is 1. The Morgan fingerprint density at radius 3 is 2.50 bits per heavy atom. The SMILES string of the molecule is CCOc1ccc(OC[C@H](O)CN2CCC[C@@H]2c2ccccc2Cl)cc1. The Hall–Kier alpha value is -1.75.